The SMILES string of the molecule is COC(=O)c1ccc(OC(C)C)c(NCC(=O)NC(C)(C#N)C2CC2)c1. The van der Waals surface area contributed by atoms with E-state index in [0.29, 0.717) is 17.0 Å². The van der Waals surface area contributed by atoms with E-state index in [9.17, 15) is 14.9 Å². The number of carbonyl (C=O) groups excluding carboxylic acids is 2. The Hall–Kier alpha value is -2.75. The van der Waals surface area contributed by atoms with Crippen LogP contribution in [-0.4, -0.2) is 37.2 Å². The van der Waals surface area contributed by atoms with Gasteiger partial charge in [-0.1, -0.05) is 0 Å². The fourth-order valence-electron chi connectivity index (χ4n) is 2.66. The zero-order chi connectivity index (χ0) is 19.3. The molecule has 0 bridgehead atoms. The average Bonchev–Trinajstić information content (AvgIpc) is 3.45. The molecule has 7 nitrogen and oxygen atoms in total. The Morgan fingerprint density at radius 3 is 2.62 bits per heavy atom. The molecule has 2 rings (SSSR count). The van der Waals surface area contributed by atoms with Gasteiger partial charge in [-0.3, -0.25) is 4.79 Å². The number of benzene rings is 1. The van der Waals surface area contributed by atoms with Crippen molar-refractivity contribution in [2.45, 2.75) is 45.3 Å². The van der Waals surface area contributed by atoms with Gasteiger partial charge >= 0.3 is 5.97 Å². The minimum Gasteiger partial charge on any atom is -0.489 e. The van der Waals surface area contributed by atoms with Crippen LogP contribution in [0.2, 0.25) is 0 Å². The van der Waals surface area contributed by atoms with Crippen LogP contribution in [0.1, 0.15) is 44.0 Å². The lowest BCUT2D eigenvalue weighted by molar-refractivity contribution is -0.120. The Labute approximate surface area is 153 Å². The van der Waals surface area contributed by atoms with Gasteiger partial charge in [0.05, 0.1) is 37.1 Å². The monoisotopic (exact) mass is 359 g/mol. The average molecular weight is 359 g/mol. The number of hydrogen-bond donors (Lipinski definition) is 2. The molecule has 1 atom stereocenters. The fourth-order valence-corrected chi connectivity index (χ4v) is 2.66. The lowest BCUT2D eigenvalue weighted by atomic mass is 9.98. The summed E-state index contributed by atoms with van der Waals surface area (Å²) in [5.41, 5.74) is 0.0253. The van der Waals surface area contributed by atoms with Gasteiger partial charge in [-0.15, -0.1) is 0 Å². The quantitative estimate of drug-likeness (QED) is 0.692. The first kappa shape index (κ1) is 19.6. The van der Waals surface area contributed by atoms with Crippen LogP contribution in [0.15, 0.2) is 18.2 Å². The summed E-state index contributed by atoms with van der Waals surface area (Å²) >= 11 is 0. The van der Waals surface area contributed by atoms with Crippen molar-refractivity contribution in [2.75, 3.05) is 19.0 Å². The zero-order valence-corrected chi connectivity index (χ0v) is 15.6. The molecule has 0 aliphatic heterocycles. The zero-order valence-electron chi connectivity index (χ0n) is 15.6. The summed E-state index contributed by atoms with van der Waals surface area (Å²) in [4.78, 5) is 24.0. The number of hydrogen-bond acceptors (Lipinski definition) is 6. The molecule has 0 radical (unpaired) electrons. The second-order valence-electron chi connectivity index (χ2n) is 6.86. The highest BCUT2D eigenvalue weighted by atomic mass is 16.5. The van der Waals surface area contributed by atoms with Gasteiger partial charge in [-0.25, -0.2) is 4.79 Å². The van der Waals surface area contributed by atoms with Crippen LogP contribution in [0.3, 0.4) is 0 Å². The van der Waals surface area contributed by atoms with E-state index in [2.05, 4.69) is 16.7 Å². The second kappa shape index (κ2) is 8.09. The molecule has 1 saturated carbocycles. The molecule has 140 valence electrons. The summed E-state index contributed by atoms with van der Waals surface area (Å²) in [7, 11) is 1.31. The number of nitrogens with one attached hydrogen (secondary N) is 2. The van der Waals surface area contributed by atoms with Crippen LogP contribution in [0.4, 0.5) is 5.69 Å². The van der Waals surface area contributed by atoms with Crippen LogP contribution in [-0.2, 0) is 9.53 Å². The molecule has 1 aliphatic carbocycles. The first-order valence-electron chi connectivity index (χ1n) is 8.64. The Balaban J connectivity index is 2.09. The first-order valence-corrected chi connectivity index (χ1v) is 8.64. The minimum atomic E-state index is -0.843. The highest BCUT2D eigenvalue weighted by Gasteiger charge is 2.42. The maximum Gasteiger partial charge on any atom is 0.337 e. The molecule has 0 spiro atoms. The van der Waals surface area contributed by atoms with Crippen LogP contribution in [0.5, 0.6) is 5.75 Å². The first-order chi connectivity index (χ1) is 12.3. The molecule has 0 aromatic heterocycles. The molecule has 1 fully saturated rings. The molecular formula is C19H25N3O4. The van der Waals surface area contributed by atoms with E-state index in [1.165, 1.54) is 7.11 Å². The number of nitrogens with zero attached hydrogens (tertiary/aromatic N) is 1. The molecule has 7 heteroatoms. The van der Waals surface area contributed by atoms with Gasteiger partial charge in [-0.05, 0) is 57.7 Å². The second-order valence-corrected chi connectivity index (χ2v) is 6.86. The van der Waals surface area contributed by atoms with Gasteiger partial charge in [-0.2, -0.15) is 5.26 Å². The van der Waals surface area contributed by atoms with Gasteiger partial charge in [0.2, 0.25) is 5.91 Å². The van der Waals surface area contributed by atoms with Crippen LogP contribution in [0, 0.1) is 17.2 Å². The molecule has 1 unspecified atom stereocenters. The Bertz CT molecular complexity index is 722. The van der Waals surface area contributed by atoms with Crippen molar-refractivity contribution in [3.63, 3.8) is 0 Å². The molecule has 1 amide bonds. The standard InChI is InChI=1S/C19H25N3O4/c1-12(2)26-16-8-5-13(18(24)25-4)9-15(16)21-10-17(23)22-19(3,11-20)14-6-7-14/h5,8-9,12,14,21H,6-7,10H2,1-4H3,(H,22,23). The molecule has 1 aromatic rings. The van der Waals surface area contributed by atoms with Crippen molar-refractivity contribution < 1.29 is 19.1 Å². The van der Waals surface area contributed by atoms with E-state index in [-0.39, 0.29) is 24.5 Å². The smallest absolute Gasteiger partial charge is 0.337 e. The maximum absolute atomic E-state index is 12.3. The number of methoxy groups -OCH3 is 1. The number of esters is 1. The molecule has 0 saturated heterocycles. The van der Waals surface area contributed by atoms with Gasteiger partial charge < -0.3 is 20.1 Å². The van der Waals surface area contributed by atoms with E-state index in [1.807, 2.05) is 13.8 Å². The number of ether oxygens (including phenoxy) is 2. The molecule has 2 N–H and O–H groups in total. The Kier molecular flexibility index (Phi) is 6.09. The highest BCUT2D eigenvalue weighted by molar-refractivity contribution is 5.91. The number of nitriles is 1. The Morgan fingerprint density at radius 1 is 1.38 bits per heavy atom. The fraction of sp³-hybridized carbons (Fsp3) is 0.526. The summed E-state index contributed by atoms with van der Waals surface area (Å²) in [5, 5.41) is 15.1. The lowest BCUT2D eigenvalue weighted by Crippen LogP contribution is -2.48. The van der Waals surface area contributed by atoms with Crippen molar-refractivity contribution >= 4 is 17.6 Å². The van der Waals surface area contributed by atoms with Gasteiger partial charge in [0.1, 0.15) is 11.3 Å². The lowest BCUT2D eigenvalue weighted by Gasteiger charge is -2.23. The molecule has 26 heavy (non-hydrogen) atoms. The summed E-state index contributed by atoms with van der Waals surface area (Å²) < 4.78 is 10.4. The summed E-state index contributed by atoms with van der Waals surface area (Å²) in [6.45, 7) is 5.48. The van der Waals surface area contributed by atoms with Crippen molar-refractivity contribution in [2.24, 2.45) is 5.92 Å². The van der Waals surface area contributed by atoms with Gasteiger partial charge in [0, 0.05) is 0 Å². The predicted octanol–water partition coefficient (Wildman–Crippen LogP) is 2.48. The van der Waals surface area contributed by atoms with Crippen molar-refractivity contribution in [3.05, 3.63) is 23.8 Å². The maximum atomic E-state index is 12.3. The predicted molar refractivity (Wildman–Crippen MR) is 96.9 cm³/mol. The van der Waals surface area contributed by atoms with Gasteiger partial charge in [0.25, 0.3) is 0 Å². The Morgan fingerprint density at radius 2 is 2.08 bits per heavy atom. The number of anilines is 1. The molecule has 1 aliphatic rings. The largest absolute Gasteiger partial charge is 0.489 e. The van der Waals surface area contributed by atoms with Crippen molar-refractivity contribution in [1.82, 2.24) is 5.32 Å². The van der Waals surface area contributed by atoms with E-state index in [1.54, 1.807) is 25.1 Å². The molecule has 0 heterocycles. The van der Waals surface area contributed by atoms with Crippen molar-refractivity contribution in [1.29, 1.82) is 5.26 Å². The number of amides is 1. The molecular weight excluding hydrogens is 334 g/mol. The van der Waals surface area contributed by atoms with E-state index < -0.39 is 11.5 Å². The third-order valence-electron chi connectivity index (χ3n) is 4.23. The van der Waals surface area contributed by atoms with Gasteiger partial charge in [0.15, 0.2) is 0 Å². The topological polar surface area (TPSA) is 100 Å². The highest BCUT2D eigenvalue weighted by Crippen LogP contribution is 2.39. The number of rotatable bonds is 8. The number of carbonyl (C=O) groups is 2. The normalized spacial score (nSPS) is 15.5. The summed E-state index contributed by atoms with van der Waals surface area (Å²) in [5.74, 6) is -0.0241. The van der Waals surface area contributed by atoms with Crippen LogP contribution >= 0.6 is 0 Å². The van der Waals surface area contributed by atoms with E-state index in [4.69, 9.17) is 9.47 Å². The summed E-state index contributed by atoms with van der Waals surface area (Å²) in [6.07, 6.45) is 1.83. The third kappa shape index (κ3) is 4.88. The van der Waals surface area contributed by atoms with Crippen LogP contribution < -0.4 is 15.4 Å². The minimum absolute atomic E-state index is 0.0386. The third-order valence-corrected chi connectivity index (χ3v) is 4.23. The molecule has 1 aromatic carbocycles. The van der Waals surface area contributed by atoms with Crippen LogP contribution in [0.25, 0.3) is 0 Å². The van der Waals surface area contributed by atoms with E-state index >= 15 is 0 Å². The van der Waals surface area contributed by atoms with E-state index in [0.717, 1.165) is 12.8 Å². The summed E-state index contributed by atoms with van der Waals surface area (Å²) in [6, 6.07) is 7.05. The van der Waals surface area contributed by atoms with Crippen molar-refractivity contribution in [3.8, 4) is 11.8 Å².